The van der Waals surface area contributed by atoms with E-state index in [9.17, 15) is 0 Å². The third-order valence-corrected chi connectivity index (χ3v) is 4.10. The van der Waals surface area contributed by atoms with Crippen LogP contribution in [-0.2, 0) is 17.7 Å². The summed E-state index contributed by atoms with van der Waals surface area (Å²) in [7, 11) is 0. The fourth-order valence-electron chi connectivity index (χ4n) is 2.74. The van der Waals surface area contributed by atoms with Crippen LogP contribution < -0.4 is 5.73 Å². The molecule has 0 aromatic heterocycles. The maximum absolute atomic E-state index is 5.94. The fourth-order valence-corrected chi connectivity index (χ4v) is 2.74. The minimum Gasteiger partial charge on any atom is -0.380 e. The van der Waals surface area contributed by atoms with E-state index in [1.807, 2.05) is 0 Å². The highest BCUT2D eigenvalue weighted by atomic mass is 16.5. The topological polar surface area (TPSA) is 38.5 Å². The monoisotopic (exact) mass is 276 g/mol. The molecule has 0 fully saturated rings. The number of nitrogens with zero attached hydrogens (tertiary/aromatic N) is 1. The minimum atomic E-state index is 0.457. The van der Waals surface area contributed by atoms with E-state index >= 15 is 0 Å². The number of fused-ring (bicyclic) bond motifs is 1. The molecule has 1 aromatic carbocycles. The Balaban J connectivity index is 1.82. The SMILES string of the molecule is CC(C)CCOCCN1Cc2ccccc2CC1CN. The van der Waals surface area contributed by atoms with Crippen LogP contribution in [0.2, 0.25) is 0 Å². The molecule has 3 heteroatoms. The van der Waals surface area contributed by atoms with Gasteiger partial charge in [0, 0.05) is 32.3 Å². The van der Waals surface area contributed by atoms with Crippen molar-refractivity contribution >= 4 is 0 Å². The second-order valence-electron chi connectivity index (χ2n) is 6.13. The number of rotatable bonds is 7. The molecule has 0 saturated carbocycles. The Morgan fingerprint density at radius 1 is 1.25 bits per heavy atom. The average molecular weight is 276 g/mol. The second-order valence-corrected chi connectivity index (χ2v) is 6.13. The lowest BCUT2D eigenvalue weighted by molar-refractivity contribution is 0.0746. The van der Waals surface area contributed by atoms with Gasteiger partial charge in [-0.25, -0.2) is 0 Å². The second kappa shape index (κ2) is 7.77. The highest BCUT2D eigenvalue weighted by Crippen LogP contribution is 2.22. The largest absolute Gasteiger partial charge is 0.380 e. The molecule has 2 N–H and O–H groups in total. The lowest BCUT2D eigenvalue weighted by Crippen LogP contribution is -2.46. The van der Waals surface area contributed by atoms with Crippen molar-refractivity contribution < 1.29 is 4.74 Å². The molecule has 1 atom stereocenters. The molecular weight excluding hydrogens is 248 g/mol. The molecule has 0 radical (unpaired) electrons. The number of benzene rings is 1. The molecular formula is C17H28N2O. The van der Waals surface area contributed by atoms with Gasteiger partial charge in [0.2, 0.25) is 0 Å². The Kier molecular flexibility index (Phi) is 6.02. The highest BCUT2D eigenvalue weighted by molar-refractivity contribution is 5.30. The van der Waals surface area contributed by atoms with Gasteiger partial charge < -0.3 is 10.5 Å². The molecule has 1 aliphatic rings. The van der Waals surface area contributed by atoms with Crippen molar-refractivity contribution in [2.45, 2.75) is 39.3 Å². The molecule has 0 aliphatic carbocycles. The molecule has 1 aromatic rings. The molecule has 0 saturated heterocycles. The van der Waals surface area contributed by atoms with Gasteiger partial charge in [-0.1, -0.05) is 38.1 Å². The van der Waals surface area contributed by atoms with Crippen molar-refractivity contribution in [3.05, 3.63) is 35.4 Å². The zero-order chi connectivity index (χ0) is 14.4. The van der Waals surface area contributed by atoms with Crippen molar-refractivity contribution in [2.24, 2.45) is 11.7 Å². The van der Waals surface area contributed by atoms with Gasteiger partial charge in [-0.2, -0.15) is 0 Å². The van der Waals surface area contributed by atoms with Crippen LogP contribution in [0, 0.1) is 5.92 Å². The maximum atomic E-state index is 5.94. The third-order valence-electron chi connectivity index (χ3n) is 4.10. The zero-order valence-corrected chi connectivity index (χ0v) is 12.8. The quantitative estimate of drug-likeness (QED) is 0.777. The van der Waals surface area contributed by atoms with Crippen LogP contribution in [0.5, 0.6) is 0 Å². The summed E-state index contributed by atoms with van der Waals surface area (Å²) in [5, 5.41) is 0. The third kappa shape index (κ3) is 4.30. The van der Waals surface area contributed by atoms with Crippen LogP contribution in [-0.4, -0.2) is 37.2 Å². The summed E-state index contributed by atoms with van der Waals surface area (Å²) in [5.41, 5.74) is 8.84. The Morgan fingerprint density at radius 2 is 2.00 bits per heavy atom. The van der Waals surface area contributed by atoms with Crippen LogP contribution in [0.1, 0.15) is 31.4 Å². The van der Waals surface area contributed by atoms with E-state index in [0.717, 1.165) is 45.7 Å². The van der Waals surface area contributed by atoms with E-state index < -0.39 is 0 Å². The first-order valence-corrected chi connectivity index (χ1v) is 7.79. The van der Waals surface area contributed by atoms with E-state index in [1.165, 1.54) is 11.1 Å². The molecule has 1 aliphatic heterocycles. The van der Waals surface area contributed by atoms with Gasteiger partial charge >= 0.3 is 0 Å². The van der Waals surface area contributed by atoms with E-state index in [4.69, 9.17) is 10.5 Å². The summed E-state index contributed by atoms with van der Waals surface area (Å²) < 4.78 is 5.75. The zero-order valence-electron chi connectivity index (χ0n) is 12.8. The molecule has 3 nitrogen and oxygen atoms in total. The van der Waals surface area contributed by atoms with Gasteiger partial charge in [-0.05, 0) is 29.9 Å². The smallest absolute Gasteiger partial charge is 0.0593 e. The van der Waals surface area contributed by atoms with E-state index in [2.05, 4.69) is 43.0 Å². The summed E-state index contributed by atoms with van der Waals surface area (Å²) in [6.45, 7) is 8.85. The van der Waals surface area contributed by atoms with Crippen molar-refractivity contribution in [1.29, 1.82) is 0 Å². The molecule has 0 amide bonds. The van der Waals surface area contributed by atoms with Crippen molar-refractivity contribution in [3.8, 4) is 0 Å². The van der Waals surface area contributed by atoms with E-state index in [1.54, 1.807) is 0 Å². The summed E-state index contributed by atoms with van der Waals surface area (Å²) >= 11 is 0. The number of nitrogens with two attached hydrogens (primary N) is 1. The number of hydrogen-bond donors (Lipinski definition) is 1. The highest BCUT2D eigenvalue weighted by Gasteiger charge is 2.24. The Labute approximate surface area is 123 Å². The molecule has 0 spiro atoms. The van der Waals surface area contributed by atoms with Crippen molar-refractivity contribution in [3.63, 3.8) is 0 Å². The van der Waals surface area contributed by atoms with Crippen molar-refractivity contribution in [1.82, 2.24) is 4.90 Å². The molecule has 2 rings (SSSR count). The van der Waals surface area contributed by atoms with Crippen LogP contribution in [0.15, 0.2) is 24.3 Å². The standard InChI is InChI=1S/C17H28N2O/c1-14(2)7-9-20-10-8-19-13-16-6-4-3-5-15(16)11-17(19)12-18/h3-6,14,17H,7-13,18H2,1-2H3. The predicted octanol–water partition coefficient (Wildman–Crippen LogP) is 2.43. The van der Waals surface area contributed by atoms with Gasteiger partial charge in [-0.3, -0.25) is 4.90 Å². The minimum absolute atomic E-state index is 0.457. The van der Waals surface area contributed by atoms with Crippen LogP contribution >= 0.6 is 0 Å². The molecule has 1 unspecified atom stereocenters. The maximum Gasteiger partial charge on any atom is 0.0593 e. The summed E-state index contributed by atoms with van der Waals surface area (Å²) in [5.74, 6) is 0.716. The molecule has 112 valence electrons. The average Bonchev–Trinajstić information content (AvgIpc) is 2.45. The van der Waals surface area contributed by atoms with E-state index in [0.29, 0.717) is 12.0 Å². The van der Waals surface area contributed by atoms with Gasteiger partial charge in [0.25, 0.3) is 0 Å². The first-order valence-electron chi connectivity index (χ1n) is 7.79. The van der Waals surface area contributed by atoms with Crippen LogP contribution in [0.3, 0.4) is 0 Å². The number of ether oxygens (including phenoxy) is 1. The summed E-state index contributed by atoms with van der Waals surface area (Å²) in [6, 6.07) is 9.16. The summed E-state index contributed by atoms with van der Waals surface area (Å²) in [4.78, 5) is 2.47. The number of hydrogen-bond acceptors (Lipinski definition) is 3. The normalized spacial score (nSPS) is 19.3. The molecule has 20 heavy (non-hydrogen) atoms. The van der Waals surface area contributed by atoms with Gasteiger partial charge in [-0.15, -0.1) is 0 Å². The lowest BCUT2D eigenvalue weighted by atomic mass is 9.94. The van der Waals surface area contributed by atoms with Gasteiger partial charge in [0.05, 0.1) is 6.61 Å². The van der Waals surface area contributed by atoms with Gasteiger partial charge in [0.15, 0.2) is 0 Å². The molecule has 0 bridgehead atoms. The first kappa shape index (κ1) is 15.5. The lowest BCUT2D eigenvalue weighted by Gasteiger charge is -2.36. The Bertz CT molecular complexity index is 406. The summed E-state index contributed by atoms with van der Waals surface area (Å²) in [6.07, 6.45) is 2.21. The van der Waals surface area contributed by atoms with Crippen LogP contribution in [0.4, 0.5) is 0 Å². The fraction of sp³-hybridized carbons (Fsp3) is 0.647. The van der Waals surface area contributed by atoms with E-state index in [-0.39, 0.29) is 0 Å². The first-order chi connectivity index (χ1) is 9.70. The van der Waals surface area contributed by atoms with Crippen LogP contribution in [0.25, 0.3) is 0 Å². The molecule has 1 heterocycles. The Morgan fingerprint density at radius 3 is 2.70 bits per heavy atom. The Hall–Kier alpha value is -0.900. The van der Waals surface area contributed by atoms with Crippen molar-refractivity contribution in [2.75, 3.05) is 26.3 Å². The van der Waals surface area contributed by atoms with Gasteiger partial charge in [0.1, 0.15) is 0 Å². The predicted molar refractivity (Wildman–Crippen MR) is 83.7 cm³/mol.